The summed E-state index contributed by atoms with van der Waals surface area (Å²) < 4.78 is 0. The molecule has 0 fully saturated rings. The normalized spacial score (nSPS) is 12.4. The van der Waals surface area contributed by atoms with E-state index in [0.29, 0.717) is 0 Å². The fourth-order valence-corrected chi connectivity index (χ4v) is 5.52. The lowest BCUT2D eigenvalue weighted by Gasteiger charge is -2.26. The van der Waals surface area contributed by atoms with Gasteiger partial charge in [-0.15, -0.1) is 0 Å². The summed E-state index contributed by atoms with van der Waals surface area (Å²) in [4.78, 5) is 2.15. The Hall–Kier alpha value is -4.10. The fraction of sp³-hybridized carbons (Fsp3) is 0.211. The zero-order valence-electron chi connectivity index (χ0n) is 24.2. The molecule has 0 unspecified atom stereocenters. The average Bonchev–Trinajstić information content (AvgIpc) is 3.01. The molecular weight excluding hydrogens is 470 g/mol. The lowest BCUT2D eigenvalue weighted by atomic mass is 9.86. The summed E-state index contributed by atoms with van der Waals surface area (Å²) in [5, 5.41) is 5.33. The van der Waals surface area contributed by atoms with Gasteiger partial charge in [-0.2, -0.15) is 0 Å². The number of nitrogens with zero attached hydrogens (tertiary/aromatic N) is 1. The highest BCUT2D eigenvalue weighted by atomic mass is 15.1. The van der Waals surface area contributed by atoms with Crippen molar-refractivity contribution in [2.75, 3.05) is 4.90 Å². The third-order valence-electron chi connectivity index (χ3n) is 7.49. The van der Waals surface area contributed by atoms with Crippen molar-refractivity contribution in [1.29, 1.82) is 0 Å². The minimum Gasteiger partial charge on any atom is -0.315 e. The number of allylic oxidation sites excluding steroid dienone is 3. The van der Waals surface area contributed by atoms with Crippen molar-refractivity contribution >= 4 is 28.6 Å². The second kappa shape index (κ2) is 12.6. The molecule has 1 aliphatic carbocycles. The molecule has 4 aromatic rings. The highest BCUT2D eigenvalue weighted by Gasteiger charge is 2.17. The summed E-state index contributed by atoms with van der Waals surface area (Å²) in [6, 6.07) is 26.9. The van der Waals surface area contributed by atoms with Crippen LogP contribution in [-0.4, -0.2) is 0 Å². The van der Waals surface area contributed by atoms with E-state index >= 15 is 0 Å². The number of hydrogen-bond acceptors (Lipinski definition) is 1. The Morgan fingerprint density at radius 1 is 0.821 bits per heavy atom. The van der Waals surface area contributed by atoms with E-state index in [-0.39, 0.29) is 0 Å². The van der Waals surface area contributed by atoms with E-state index in [2.05, 4.69) is 130 Å². The molecule has 39 heavy (non-hydrogen) atoms. The molecule has 198 valence electrons. The lowest BCUT2D eigenvalue weighted by Crippen LogP contribution is -2.31. The molecule has 1 heteroatoms. The highest BCUT2D eigenvalue weighted by molar-refractivity contribution is 6.06. The lowest BCUT2D eigenvalue weighted by molar-refractivity contribution is 1.10. The van der Waals surface area contributed by atoms with E-state index < -0.39 is 0 Å². The van der Waals surface area contributed by atoms with Gasteiger partial charge in [0.25, 0.3) is 0 Å². The van der Waals surface area contributed by atoms with Crippen LogP contribution < -0.4 is 15.3 Å². The summed E-state index contributed by atoms with van der Waals surface area (Å²) in [6.07, 6.45) is 12.0. The van der Waals surface area contributed by atoms with Gasteiger partial charge in [0.05, 0.1) is 0 Å². The van der Waals surface area contributed by atoms with Crippen LogP contribution in [0.1, 0.15) is 53.0 Å². The van der Waals surface area contributed by atoms with Crippen molar-refractivity contribution in [3.63, 3.8) is 0 Å². The molecule has 0 heterocycles. The van der Waals surface area contributed by atoms with Crippen LogP contribution in [0.3, 0.4) is 0 Å². The molecule has 0 saturated carbocycles. The first-order chi connectivity index (χ1) is 19.1. The third kappa shape index (κ3) is 5.40. The zero-order chi connectivity index (χ0) is 27.9. The predicted molar refractivity (Wildman–Crippen MR) is 174 cm³/mol. The number of rotatable bonds is 7. The third-order valence-corrected chi connectivity index (χ3v) is 7.49. The maximum atomic E-state index is 4.21. The van der Waals surface area contributed by atoms with Gasteiger partial charge < -0.3 is 4.90 Å². The molecule has 0 N–H and O–H groups in total. The molecule has 5 rings (SSSR count). The number of fused-ring (bicyclic) bond motifs is 2. The highest BCUT2D eigenvalue weighted by Crippen LogP contribution is 2.34. The SMILES string of the molecule is C=CC(=C)N(/C(C)=C/C)c1ccc(-c2c3c(c(-c4cccc(CC)c4)c4ccccc24)=CCCC=3)cc1.CC. The van der Waals surface area contributed by atoms with Gasteiger partial charge in [-0.3, -0.25) is 0 Å². The summed E-state index contributed by atoms with van der Waals surface area (Å²) in [7, 11) is 0. The van der Waals surface area contributed by atoms with Gasteiger partial charge in [-0.25, -0.2) is 0 Å². The van der Waals surface area contributed by atoms with Crippen LogP contribution in [0.15, 0.2) is 110 Å². The molecule has 0 spiro atoms. The van der Waals surface area contributed by atoms with Crippen LogP contribution in [0.25, 0.3) is 45.2 Å². The quantitative estimate of drug-likeness (QED) is 0.223. The van der Waals surface area contributed by atoms with Gasteiger partial charge in [0.2, 0.25) is 0 Å². The molecule has 0 atom stereocenters. The van der Waals surface area contributed by atoms with Gasteiger partial charge in [-0.1, -0.05) is 113 Å². The van der Waals surface area contributed by atoms with Crippen molar-refractivity contribution in [3.05, 3.63) is 126 Å². The van der Waals surface area contributed by atoms with Gasteiger partial charge in [0.1, 0.15) is 0 Å². The number of hydrogen-bond donors (Lipinski definition) is 0. The molecule has 0 bridgehead atoms. The monoisotopic (exact) mass is 511 g/mol. The van der Waals surface area contributed by atoms with Crippen molar-refractivity contribution < 1.29 is 0 Å². The second-order valence-electron chi connectivity index (χ2n) is 9.67. The molecule has 0 aliphatic heterocycles. The second-order valence-corrected chi connectivity index (χ2v) is 9.67. The molecule has 4 aromatic carbocycles. The van der Waals surface area contributed by atoms with Crippen molar-refractivity contribution in [1.82, 2.24) is 0 Å². The van der Waals surface area contributed by atoms with Gasteiger partial charge >= 0.3 is 0 Å². The maximum Gasteiger partial charge on any atom is 0.0458 e. The topological polar surface area (TPSA) is 3.24 Å². The summed E-state index contributed by atoms with van der Waals surface area (Å²) in [6.45, 7) is 18.5. The minimum absolute atomic E-state index is 0.868. The molecule has 0 radical (unpaired) electrons. The first-order valence-electron chi connectivity index (χ1n) is 14.3. The van der Waals surface area contributed by atoms with Crippen molar-refractivity contribution in [2.24, 2.45) is 0 Å². The Kier molecular flexibility index (Phi) is 9.04. The summed E-state index contributed by atoms with van der Waals surface area (Å²) in [5.41, 5.74) is 9.67. The maximum absolute atomic E-state index is 4.21. The smallest absolute Gasteiger partial charge is 0.0458 e. The Bertz CT molecular complexity index is 1650. The standard InChI is InChI=1S/C36H35N.C2H6/c1-6-25(4)37(26(5)7-2)30-22-20-28(21-23-30)35-31-16-9-11-18-33(31)36(34-19-12-10-17-32(34)35)29-15-13-14-27(8-3)24-29;1-2/h6-7,9,11,13-24H,1,4,8,10,12H2,2-3,5H3;1-2H3/b26-7+;. The summed E-state index contributed by atoms with van der Waals surface area (Å²) >= 11 is 0. The minimum atomic E-state index is 0.868. The van der Waals surface area contributed by atoms with Crippen LogP contribution in [-0.2, 0) is 6.42 Å². The summed E-state index contributed by atoms with van der Waals surface area (Å²) in [5.74, 6) is 0. The van der Waals surface area contributed by atoms with E-state index in [1.54, 1.807) is 0 Å². The zero-order valence-corrected chi connectivity index (χ0v) is 24.2. The molecule has 1 nitrogen and oxygen atoms in total. The van der Waals surface area contributed by atoms with E-state index in [0.717, 1.165) is 36.3 Å². The first kappa shape index (κ1) is 27.9. The number of anilines is 1. The fourth-order valence-electron chi connectivity index (χ4n) is 5.52. The van der Waals surface area contributed by atoms with Crippen LogP contribution in [0, 0.1) is 0 Å². The Morgan fingerprint density at radius 3 is 1.95 bits per heavy atom. The molecular formula is C38H41N. The Balaban J connectivity index is 0.00000172. The van der Waals surface area contributed by atoms with E-state index in [4.69, 9.17) is 0 Å². The van der Waals surface area contributed by atoms with Crippen molar-refractivity contribution in [2.45, 2.75) is 53.9 Å². The largest absolute Gasteiger partial charge is 0.315 e. The predicted octanol–water partition coefficient (Wildman–Crippen LogP) is 9.55. The van der Waals surface area contributed by atoms with Crippen LogP contribution >= 0.6 is 0 Å². The first-order valence-corrected chi connectivity index (χ1v) is 14.3. The number of benzene rings is 4. The average molecular weight is 512 g/mol. The number of aryl methyl sites for hydroxylation is 1. The van der Waals surface area contributed by atoms with E-state index in [9.17, 15) is 0 Å². The molecule has 0 aromatic heterocycles. The Morgan fingerprint density at radius 2 is 1.41 bits per heavy atom. The van der Waals surface area contributed by atoms with Gasteiger partial charge in [-0.05, 0) is 100 Å². The van der Waals surface area contributed by atoms with Crippen LogP contribution in [0.2, 0.25) is 0 Å². The van der Waals surface area contributed by atoms with E-state index in [1.165, 1.54) is 49.0 Å². The molecule has 0 saturated heterocycles. The van der Waals surface area contributed by atoms with Crippen molar-refractivity contribution in [3.8, 4) is 22.3 Å². The van der Waals surface area contributed by atoms with Crippen LogP contribution in [0.5, 0.6) is 0 Å². The van der Waals surface area contributed by atoms with Gasteiger partial charge in [0, 0.05) is 17.1 Å². The van der Waals surface area contributed by atoms with Gasteiger partial charge in [0.15, 0.2) is 0 Å². The molecule has 1 aliphatic rings. The molecule has 0 amide bonds. The van der Waals surface area contributed by atoms with E-state index in [1.807, 2.05) is 19.9 Å². The van der Waals surface area contributed by atoms with Crippen LogP contribution in [0.4, 0.5) is 5.69 Å². The Labute approximate surface area is 234 Å².